The van der Waals surface area contributed by atoms with E-state index in [0.717, 1.165) is 12.8 Å². The zero-order chi connectivity index (χ0) is 20.0. The minimum Gasteiger partial charge on any atom is -0.461 e. The van der Waals surface area contributed by atoms with Gasteiger partial charge in [-0.15, -0.1) is 0 Å². The van der Waals surface area contributed by atoms with Crippen LogP contribution in [0.1, 0.15) is 43.6 Å². The fourth-order valence-electron chi connectivity index (χ4n) is 4.21. The van der Waals surface area contributed by atoms with Crippen molar-refractivity contribution in [2.24, 2.45) is 5.92 Å². The molecule has 1 heterocycles. The van der Waals surface area contributed by atoms with Crippen molar-refractivity contribution in [1.29, 1.82) is 0 Å². The van der Waals surface area contributed by atoms with Gasteiger partial charge in [-0.05, 0) is 72.9 Å². The molecule has 2 aliphatic rings. The second kappa shape index (κ2) is 7.18. The first-order valence-corrected chi connectivity index (χ1v) is 9.17. The summed E-state index contributed by atoms with van der Waals surface area (Å²) in [4.78, 5) is 10.9. The van der Waals surface area contributed by atoms with E-state index in [4.69, 9.17) is 4.74 Å². The summed E-state index contributed by atoms with van der Waals surface area (Å²) in [5, 5.41) is 0. The second-order valence-electron chi connectivity index (χ2n) is 7.46. The lowest BCUT2D eigenvalue weighted by atomic mass is 9.75. The minimum atomic E-state index is -1.69. The third-order valence-corrected chi connectivity index (χ3v) is 5.76. The summed E-state index contributed by atoms with van der Waals surface area (Å²) in [6.07, 6.45) is 3.38. The van der Waals surface area contributed by atoms with Gasteiger partial charge >= 0.3 is 5.97 Å². The number of hydrogen-bond acceptors (Lipinski definition) is 2. The summed E-state index contributed by atoms with van der Waals surface area (Å²) in [5.74, 6) is -6.57. The molecular formula is C21H17F5O2. The van der Waals surface area contributed by atoms with E-state index >= 15 is 0 Å². The van der Waals surface area contributed by atoms with Gasteiger partial charge in [-0.1, -0.05) is 0 Å². The first kappa shape index (κ1) is 18.9. The molecule has 0 aromatic heterocycles. The Morgan fingerprint density at radius 1 is 0.786 bits per heavy atom. The van der Waals surface area contributed by atoms with Crippen LogP contribution in [0.15, 0.2) is 24.3 Å². The van der Waals surface area contributed by atoms with E-state index < -0.39 is 40.2 Å². The molecule has 1 unspecified atom stereocenters. The quantitative estimate of drug-likeness (QED) is 0.381. The molecule has 2 nitrogen and oxygen atoms in total. The van der Waals surface area contributed by atoms with Crippen molar-refractivity contribution in [2.75, 3.05) is 0 Å². The highest BCUT2D eigenvalue weighted by Gasteiger charge is 2.38. The van der Waals surface area contributed by atoms with Crippen molar-refractivity contribution < 1.29 is 31.5 Å². The van der Waals surface area contributed by atoms with Crippen molar-refractivity contribution in [1.82, 2.24) is 0 Å². The van der Waals surface area contributed by atoms with Gasteiger partial charge in [-0.25, -0.2) is 22.0 Å². The van der Waals surface area contributed by atoms with Crippen LogP contribution in [0.2, 0.25) is 0 Å². The Kier molecular flexibility index (Phi) is 4.85. The molecule has 0 spiro atoms. The fraction of sp³-hybridized carbons (Fsp3) is 0.381. The van der Waals surface area contributed by atoms with Crippen LogP contribution >= 0.6 is 0 Å². The smallest absolute Gasteiger partial charge is 0.309 e. The van der Waals surface area contributed by atoms with E-state index in [2.05, 4.69) is 0 Å². The summed E-state index contributed by atoms with van der Waals surface area (Å²) >= 11 is 0. The maximum atomic E-state index is 14.6. The zero-order valence-corrected chi connectivity index (χ0v) is 14.8. The average Bonchev–Trinajstić information content (AvgIpc) is 2.63. The molecule has 2 aromatic rings. The third-order valence-electron chi connectivity index (χ3n) is 5.76. The zero-order valence-electron chi connectivity index (χ0n) is 14.8. The van der Waals surface area contributed by atoms with Crippen LogP contribution in [0.3, 0.4) is 0 Å². The van der Waals surface area contributed by atoms with E-state index in [1.807, 2.05) is 0 Å². The molecule has 7 heteroatoms. The van der Waals surface area contributed by atoms with Crippen LogP contribution in [0, 0.1) is 35.0 Å². The Balaban J connectivity index is 1.54. The summed E-state index contributed by atoms with van der Waals surface area (Å²) < 4.78 is 74.3. The molecule has 148 valence electrons. The van der Waals surface area contributed by atoms with Crippen LogP contribution in [-0.4, -0.2) is 12.1 Å². The molecular weight excluding hydrogens is 379 g/mol. The highest BCUT2D eigenvalue weighted by Crippen LogP contribution is 2.41. The first-order valence-electron chi connectivity index (χ1n) is 9.17. The van der Waals surface area contributed by atoms with Gasteiger partial charge in [-0.2, -0.15) is 0 Å². The molecule has 4 rings (SSSR count). The van der Waals surface area contributed by atoms with Crippen LogP contribution in [0.25, 0.3) is 11.1 Å². The highest BCUT2D eigenvalue weighted by molar-refractivity contribution is 5.75. The van der Waals surface area contributed by atoms with Crippen molar-refractivity contribution in [3.05, 3.63) is 58.9 Å². The van der Waals surface area contributed by atoms with E-state index in [1.54, 1.807) is 0 Å². The normalized spacial score (nSPS) is 24.6. The number of carbonyl (C=O) groups excluding carboxylic acids is 1. The third kappa shape index (κ3) is 3.38. The second-order valence-corrected chi connectivity index (χ2v) is 7.46. The van der Waals surface area contributed by atoms with Gasteiger partial charge < -0.3 is 4.74 Å². The van der Waals surface area contributed by atoms with Crippen LogP contribution < -0.4 is 0 Å². The fourth-order valence-corrected chi connectivity index (χ4v) is 4.21. The summed E-state index contributed by atoms with van der Waals surface area (Å²) in [5.41, 5.74) is -0.504. The molecule has 1 saturated heterocycles. The summed E-state index contributed by atoms with van der Waals surface area (Å²) in [6.45, 7) is 0. The van der Waals surface area contributed by atoms with Gasteiger partial charge in [0.05, 0.1) is 12.0 Å². The lowest BCUT2D eigenvalue weighted by Crippen LogP contribution is -2.40. The molecule has 0 bridgehead atoms. The Bertz CT molecular complexity index is 880. The molecule has 28 heavy (non-hydrogen) atoms. The average molecular weight is 396 g/mol. The predicted octanol–water partition coefficient (Wildman–Crippen LogP) is 5.64. The molecule has 0 radical (unpaired) electrons. The van der Waals surface area contributed by atoms with E-state index in [9.17, 15) is 26.7 Å². The van der Waals surface area contributed by atoms with Gasteiger partial charge in [0.25, 0.3) is 0 Å². The molecule has 2 aromatic carbocycles. The molecule has 1 aliphatic carbocycles. The summed E-state index contributed by atoms with van der Waals surface area (Å²) in [6, 6.07) is 3.49. The van der Waals surface area contributed by atoms with Crippen LogP contribution in [0.4, 0.5) is 22.0 Å². The van der Waals surface area contributed by atoms with E-state index in [1.165, 1.54) is 12.1 Å². The maximum Gasteiger partial charge on any atom is 0.309 e. The van der Waals surface area contributed by atoms with Gasteiger partial charge in [0, 0.05) is 0 Å². The molecule has 0 amide bonds. The number of carbonyl (C=O) groups is 1. The number of rotatable bonds is 3. The van der Waals surface area contributed by atoms with Crippen LogP contribution in [-0.2, 0) is 9.53 Å². The number of ether oxygens (including phenoxy) is 1. The number of esters is 1. The Morgan fingerprint density at radius 3 is 1.82 bits per heavy atom. The lowest BCUT2D eigenvalue weighted by molar-refractivity contribution is -0.176. The maximum absolute atomic E-state index is 14.6. The van der Waals surface area contributed by atoms with Crippen LogP contribution in [0.5, 0.6) is 0 Å². The monoisotopic (exact) mass is 396 g/mol. The van der Waals surface area contributed by atoms with Crippen molar-refractivity contribution >= 4 is 5.97 Å². The topological polar surface area (TPSA) is 26.3 Å². The number of cyclic esters (lactones) is 1. The largest absolute Gasteiger partial charge is 0.461 e. The molecule has 1 aliphatic heterocycles. The molecule has 2 fully saturated rings. The highest BCUT2D eigenvalue weighted by atomic mass is 19.2. The predicted molar refractivity (Wildman–Crippen MR) is 90.9 cm³/mol. The Hall–Kier alpha value is -2.44. The molecule has 0 N–H and O–H groups in total. The number of benzene rings is 2. The van der Waals surface area contributed by atoms with Gasteiger partial charge in [0.15, 0.2) is 17.5 Å². The van der Waals surface area contributed by atoms with Crippen molar-refractivity contribution in [3.8, 4) is 11.1 Å². The Labute approximate surface area is 158 Å². The van der Waals surface area contributed by atoms with Crippen molar-refractivity contribution in [3.63, 3.8) is 0 Å². The molecule has 1 atom stereocenters. The van der Waals surface area contributed by atoms with Crippen molar-refractivity contribution in [2.45, 2.75) is 44.1 Å². The number of halogens is 5. The van der Waals surface area contributed by atoms with E-state index in [-0.39, 0.29) is 23.9 Å². The standard InChI is InChI=1S/C21H17F5O2/c22-14-5-12(10-1-3-11(4-2-10)18-9-19(27)28-18)6-15(23)20(14)13-7-16(24)21(26)17(25)8-13/h5-8,10-11,18H,1-4,9H2. The van der Waals surface area contributed by atoms with Gasteiger partial charge in [0.2, 0.25) is 0 Å². The first-order chi connectivity index (χ1) is 13.3. The SMILES string of the molecule is O=C1CC(C2CCC(c3cc(F)c(-c4cc(F)c(F)c(F)c4)c(F)c3)CC2)O1. The Morgan fingerprint density at radius 2 is 1.32 bits per heavy atom. The molecule has 1 saturated carbocycles. The van der Waals surface area contributed by atoms with E-state index in [0.29, 0.717) is 37.0 Å². The van der Waals surface area contributed by atoms with Gasteiger partial charge in [0.1, 0.15) is 17.7 Å². The summed E-state index contributed by atoms with van der Waals surface area (Å²) in [7, 11) is 0. The number of hydrogen-bond donors (Lipinski definition) is 0. The van der Waals surface area contributed by atoms with Gasteiger partial charge in [-0.3, -0.25) is 4.79 Å². The lowest BCUT2D eigenvalue weighted by Gasteiger charge is -2.37. The minimum absolute atomic E-state index is 0.0485.